The highest BCUT2D eigenvalue weighted by atomic mass is 15.1. The number of H-pyrrole nitrogens is 1. The minimum Gasteiger partial charge on any atom is -0.357 e. The van der Waals surface area contributed by atoms with Crippen LogP contribution >= 0.6 is 0 Å². The van der Waals surface area contributed by atoms with E-state index in [2.05, 4.69) is 74.0 Å². The molecule has 1 saturated heterocycles. The minimum absolute atomic E-state index is 0.0370. The van der Waals surface area contributed by atoms with Crippen molar-refractivity contribution in [2.45, 2.75) is 57.8 Å². The number of nitrogens with one attached hydrogen (secondary N) is 1. The lowest BCUT2D eigenvalue weighted by molar-refractivity contribution is 0.255. The number of hydrogen-bond acceptors (Lipinski definition) is 1. The van der Waals surface area contributed by atoms with E-state index in [-0.39, 0.29) is 5.41 Å². The number of terminal acetylenes is 1. The maximum atomic E-state index is 5.65. The quantitative estimate of drug-likeness (QED) is 0.546. The first-order valence-electron chi connectivity index (χ1n) is 11.4. The summed E-state index contributed by atoms with van der Waals surface area (Å²) in [5.74, 6) is 3.47. The van der Waals surface area contributed by atoms with Crippen molar-refractivity contribution < 1.29 is 0 Å². The Bertz CT molecular complexity index is 1160. The van der Waals surface area contributed by atoms with Gasteiger partial charge in [0.05, 0.1) is 0 Å². The van der Waals surface area contributed by atoms with Crippen molar-refractivity contribution >= 4 is 10.9 Å². The number of piperidine rings is 1. The third-order valence-corrected chi connectivity index (χ3v) is 7.64. The van der Waals surface area contributed by atoms with Gasteiger partial charge in [-0.05, 0) is 85.3 Å². The molecule has 30 heavy (non-hydrogen) atoms. The van der Waals surface area contributed by atoms with Gasteiger partial charge in [0.25, 0.3) is 0 Å². The van der Waals surface area contributed by atoms with Crippen molar-refractivity contribution in [1.29, 1.82) is 0 Å². The Labute approximate surface area is 180 Å². The SMILES string of the molecule is C#Cc1ccc2c3c([nH]c2c1)C(C)(C)c1cc(C2CCN(C)CC2)c(CC)cc1C3. The number of likely N-dealkylation sites (tertiary alicyclic amines) is 1. The van der Waals surface area contributed by atoms with E-state index in [0.717, 1.165) is 18.4 Å². The topological polar surface area (TPSA) is 19.0 Å². The van der Waals surface area contributed by atoms with Gasteiger partial charge in [-0.25, -0.2) is 0 Å². The van der Waals surface area contributed by atoms with Crippen LogP contribution in [0.2, 0.25) is 0 Å². The highest BCUT2D eigenvalue weighted by Crippen LogP contribution is 2.46. The number of aryl methyl sites for hydroxylation is 1. The van der Waals surface area contributed by atoms with Gasteiger partial charge < -0.3 is 9.88 Å². The molecule has 1 aliphatic carbocycles. The van der Waals surface area contributed by atoms with Gasteiger partial charge in [-0.3, -0.25) is 0 Å². The van der Waals surface area contributed by atoms with Crippen LogP contribution in [0.3, 0.4) is 0 Å². The second-order valence-electron chi connectivity index (χ2n) is 9.82. The zero-order chi connectivity index (χ0) is 21.0. The number of aromatic amines is 1. The first-order valence-corrected chi connectivity index (χ1v) is 11.4. The summed E-state index contributed by atoms with van der Waals surface area (Å²) in [6.45, 7) is 9.49. The summed E-state index contributed by atoms with van der Waals surface area (Å²) >= 11 is 0. The summed E-state index contributed by atoms with van der Waals surface area (Å²) in [5, 5.41) is 1.32. The fourth-order valence-corrected chi connectivity index (χ4v) is 5.83. The van der Waals surface area contributed by atoms with E-state index in [1.165, 1.54) is 59.2 Å². The van der Waals surface area contributed by atoms with Crippen molar-refractivity contribution in [1.82, 2.24) is 9.88 Å². The third-order valence-electron chi connectivity index (χ3n) is 7.64. The van der Waals surface area contributed by atoms with Crippen LogP contribution in [0, 0.1) is 12.3 Å². The summed E-state index contributed by atoms with van der Waals surface area (Å²) < 4.78 is 0. The zero-order valence-electron chi connectivity index (χ0n) is 18.7. The van der Waals surface area contributed by atoms with E-state index in [0.29, 0.717) is 5.92 Å². The highest BCUT2D eigenvalue weighted by molar-refractivity contribution is 5.87. The van der Waals surface area contributed by atoms with E-state index in [1.807, 2.05) is 0 Å². The largest absolute Gasteiger partial charge is 0.357 e. The zero-order valence-corrected chi connectivity index (χ0v) is 18.7. The van der Waals surface area contributed by atoms with Crippen LogP contribution in [0.5, 0.6) is 0 Å². The Morgan fingerprint density at radius 1 is 1.17 bits per heavy atom. The van der Waals surface area contributed by atoms with Crippen molar-refractivity contribution in [2.75, 3.05) is 20.1 Å². The van der Waals surface area contributed by atoms with E-state index in [4.69, 9.17) is 6.42 Å². The summed E-state index contributed by atoms with van der Waals surface area (Å²) in [5.41, 5.74) is 11.0. The minimum atomic E-state index is -0.0370. The molecule has 2 nitrogen and oxygen atoms in total. The molecule has 154 valence electrons. The molecule has 0 atom stereocenters. The van der Waals surface area contributed by atoms with E-state index < -0.39 is 0 Å². The summed E-state index contributed by atoms with van der Waals surface area (Å²) in [6.07, 6.45) is 10.3. The smallest absolute Gasteiger partial charge is 0.0471 e. The molecule has 0 bridgehead atoms. The van der Waals surface area contributed by atoms with Crippen LogP contribution in [0.15, 0.2) is 30.3 Å². The molecule has 2 aliphatic rings. The van der Waals surface area contributed by atoms with Crippen LogP contribution in [-0.4, -0.2) is 30.0 Å². The summed E-state index contributed by atoms with van der Waals surface area (Å²) in [4.78, 5) is 6.22. The fourth-order valence-electron chi connectivity index (χ4n) is 5.83. The first kappa shape index (κ1) is 19.5. The van der Waals surface area contributed by atoms with Gasteiger partial charge in [-0.15, -0.1) is 6.42 Å². The molecular weight excluding hydrogens is 364 g/mol. The van der Waals surface area contributed by atoms with Gasteiger partial charge in [0.15, 0.2) is 0 Å². The van der Waals surface area contributed by atoms with Crippen LogP contribution in [0.4, 0.5) is 0 Å². The molecule has 5 rings (SSSR count). The predicted molar refractivity (Wildman–Crippen MR) is 126 cm³/mol. The Morgan fingerprint density at radius 3 is 2.63 bits per heavy atom. The van der Waals surface area contributed by atoms with Gasteiger partial charge in [0.1, 0.15) is 0 Å². The molecule has 2 heteroatoms. The van der Waals surface area contributed by atoms with Gasteiger partial charge >= 0.3 is 0 Å². The molecule has 2 aromatic carbocycles. The molecule has 1 aromatic heterocycles. The van der Waals surface area contributed by atoms with Crippen LogP contribution in [-0.2, 0) is 18.3 Å². The molecule has 2 heterocycles. The summed E-state index contributed by atoms with van der Waals surface area (Å²) in [7, 11) is 2.25. The molecule has 0 unspecified atom stereocenters. The standard InChI is InChI=1S/C28H32N2/c1-6-18-8-9-22-24-16-21-15-19(7-2)23(20-10-12-30(5)13-11-20)17-25(21)28(3,4)27(24)29-26(22)14-18/h1,8-9,14-15,17,20,29H,7,10-13,16H2,2-5H3. The lowest BCUT2D eigenvalue weighted by Crippen LogP contribution is -2.31. The molecule has 1 fully saturated rings. The van der Waals surface area contributed by atoms with E-state index >= 15 is 0 Å². The lowest BCUT2D eigenvalue weighted by Gasteiger charge is -2.36. The normalized spacial score (nSPS) is 18.8. The molecule has 0 spiro atoms. The molecule has 0 saturated carbocycles. The predicted octanol–water partition coefficient (Wildman–Crippen LogP) is 5.75. The molecule has 1 N–H and O–H groups in total. The number of benzene rings is 2. The van der Waals surface area contributed by atoms with Crippen LogP contribution in [0.25, 0.3) is 10.9 Å². The number of nitrogens with zero attached hydrogens (tertiary/aromatic N) is 1. The van der Waals surface area contributed by atoms with Gasteiger partial charge in [0, 0.05) is 34.0 Å². The van der Waals surface area contributed by atoms with Crippen LogP contribution < -0.4 is 0 Å². The third kappa shape index (κ3) is 2.91. The van der Waals surface area contributed by atoms with E-state index in [1.54, 1.807) is 11.1 Å². The molecule has 3 aromatic rings. The number of rotatable bonds is 2. The van der Waals surface area contributed by atoms with Crippen molar-refractivity contribution in [3.63, 3.8) is 0 Å². The second-order valence-corrected chi connectivity index (χ2v) is 9.82. The average molecular weight is 397 g/mol. The maximum absolute atomic E-state index is 5.65. The number of fused-ring (bicyclic) bond motifs is 4. The molecule has 0 radical (unpaired) electrons. The molecule has 1 aliphatic heterocycles. The fraction of sp³-hybridized carbons (Fsp3) is 0.429. The highest BCUT2D eigenvalue weighted by Gasteiger charge is 2.36. The number of hydrogen-bond donors (Lipinski definition) is 1. The lowest BCUT2D eigenvalue weighted by atomic mass is 9.69. The maximum Gasteiger partial charge on any atom is 0.0471 e. The van der Waals surface area contributed by atoms with Crippen molar-refractivity contribution in [3.8, 4) is 12.3 Å². The van der Waals surface area contributed by atoms with Crippen LogP contribution in [0.1, 0.15) is 78.6 Å². The number of aromatic nitrogens is 1. The van der Waals surface area contributed by atoms with Gasteiger partial charge in [-0.2, -0.15) is 0 Å². The average Bonchev–Trinajstić information content (AvgIpc) is 3.12. The summed E-state index contributed by atoms with van der Waals surface area (Å²) in [6, 6.07) is 11.5. The Hall–Kier alpha value is -2.50. The van der Waals surface area contributed by atoms with E-state index in [9.17, 15) is 0 Å². The first-order chi connectivity index (χ1) is 14.4. The molecule has 0 amide bonds. The Morgan fingerprint density at radius 2 is 1.93 bits per heavy atom. The van der Waals surface area contributed by atoms with Gasteiger partial charge in [0.2, 0.25) is 0 Å². The van der Waals surface area contributed by atoms with Crippen molar-refractivity contribution in [3.05, 3.63) is 69.4 Å². The monoisotopic (exact) mass is 396 g/mol. The second kappa shape index (κ2) is 7.03. The Kier molecular flexibility index (Phi) is 4.56. The van der Waals surface area contributed by atoms with Crippen molar-refractivity contribution in [2.24, 2.45) is 0 Å². The Balaban J connectivity index is 1.64. The molecular formula is C28H32N2. The van der Waals surface area contributed by atoms with Gasteiger partial charge in [-0.1, -0.05) is 44.9 Å².